The van der Waals surface area contributed by atoms with Gasteiger partial charge in [0.15, 0.2) is 0 Å². The Kier molecular flexibility index (Phi) is 4.14. The van der Waals surface area contributed by atoms with Gasteiger partial charge in [-0.1, -0.05) is 24.3 Å². The maximum atomic E-state index is 12.9. The van der Waals surface area contributed by atoms with Crippen molar-refractivity contribution in [2.75, 3.05) is 5.32 Å². The fraction of sp³-hybridized carbons (Fsp3) is 0.0435. The Balaban J connectivity index is 1.45. The summed E-state index contributed by atoms with van der Waals surface area (Å²) in [6, 6.07) is 21.6. The fourth-order valence-electron chi connectivity index (χ4n) is 3.50. The van der Waals surface area contributed by atoms with Crippen LogP contribution in [0.5, 0.6) is 0 Å². The summed E-state index contributed by atoms with van der Waals surface area (Å²) in [5.41, 5.74) is 3.26. The number of amides is 1. The Morgan fingerprint density at radius 1 is 0.900 bits per heavy atom. The fourth-order valence-corrected chi connectivity index (χ4v) is 3.50. The lowest BCUT2D eigenvalue weighted by molar-refractivity contribution is 0.102. The van der Waals surface area contributed by atoms with E-state index in [1.807, 2.05) is 42.5 Å². The highest BCUT2D eigenvalue weighted by Crippen LogP contribution is 2.16. The first kappa shape index (κ1) is 17.8. The van der Waals surface area contributed by atoms with Crippen molar-refractivity contribution in [2.45, 2.75) is 6.92 Å². The van der Waals surface area contributed by atoms with Gasteiger partial charge in [0.2, 0.25) is 5.95 Å². The first-order chi connectivity index (χ1) is 14.6. The average molecular weight is 395 g/mol. The molecule has 30 heavy (non-hydrogen) atoms. The molecular formula is C23H17N5O2. The Bertz CT molecular complexity index is 1430. The quantitative estimate of drug-likeness (QED) is 0.486. The molecule has 0 aliphatic rings. The molecule has 7 nitrogen and oxygen atoms in total. The van der Waals surface area contributed by atoms with Gasteiger partial charge in [0, 0.05) is 5.56 Å². The van der Waals surface area contributed by atoms with Crippen LogP contribution in [-0.2, 0) is 0 Å². The summed E-state index contributed by atoms with van der Waals surface area (Å²) in [5.74, 6) is 0.676. The minimum Gasteiger partial charge on any atom is -0.324 e. The lowest BCUT2D eigenvalue weighted by atomic mass is 10.2. The Morgan fingerprint density at radius 3 is 2.37 bits per heavy atom. The molecule has 0 saturated heterocycles. The van der Waals surface area contributed by atoms with Gasteiger partial charge >= 0.3 is 0 Å². The van der Waals surface area contributed by atoms with Crippen LogP contribution < -0.4 is 10.9 Å². The number of aromatic amines is 1. The monoisotopic (exact) mass is 395 g/mol. The lowest BCUT2D eigenvalue weighted by Crippen LogP contribution is -2.22. The molecule has 0 bridgehead atoms. The minimum absolute atomic E-state index is 0.141. The number of aromatic nitrogens is 4. The van der Waals surface area contributed by atoms with E-state index in [1.165, 1.54) is 0 Å². The summed E-state index contributed by atoms with van der Waals surface area (Å²) in [6.45, 7) is 1.79. The zero-order valence-corrected chi connectivity index (χ0v) is 16.1. The van der Waals surface area contributed by atoms with E-state index < -0.39 is 0 Å². The van der Waals surface area contributed by atoms with Gasteiger partial charge in [0.25, 0.3) is 11.5 Å². The SMILES string of the molecule is Cc1nc2ccccc2c(=O)n1-c1ccc(C(=O)Nc2nc3ccccc3[nH]2)cc1. The van der Waals surface area contributed by atoms with Crippen molar-refractivity contribution in [2.24, 2.45) is 0 Å². The number of fused-ring (bicyclic) bond motifs is 2. The van der Waals surface area contributed by atoms with Crippen LogP contribution in [0, 0.1) is 6.92 Å². The van der Waals surface area contributed by atoms with Crippen LogP contribution in [0.25, 0.3) is 27.6 Å². The second kappa shape index (κ2) is 6.97. The molecule has 0 fully saturated rings. The van der Waals surface area contributed by atoms with Gasteiger partial charge in [-0.05, 0) is 55.5 Å². The predicted octanol–water partition coefficient (Wildman–Crippen LogP) is 3.82. The van der Waals surface area contributed by atoms with Crippen molar-refractivity contribution in [3.05, 3.63) is 94.5 Å². The van der Waals surface area contributed by atoms with Crippen molar-refractivity contribution in [1.29, 1.82) is 0 Å². The van der Waals surface area contributed by atoms with E-state index in [0.29, 0.717) is 33.9 Å². The molecule has 0 unspecified atom stereocenters. The van der Waals surface area contributed by atoms with Gasteiger partial charge in [0.05, 0.1) is 27.6 Å². The Hall–Kier alpha value is -4.26. The van der Waals surface area contributed by atoms with Crippen LogP contribution >= 0.6 is 0 Å². The highest BCUT2D eigenvalue weighted by molar-refractivity contribution is 6.04. The molecule has 0 aliphatic heterocycles. The number of benzene rings is 3. The van der Waals surface area contributed by atoms with Gasteiger partial charge < -0.3 is 4.98 Å². The molecule has 2 heterocycles. The van der Waals surface area contributed by atoms with Crippen molar-refractivity contribution in [3.8, 4) is 5.69 Å². The van der Waals surface area contributed by atoms with Crippen molar-refractivity contribution >= 4 is 33.8 Å². The number of carbonyl (C=O) groups excluding carboxylic acids is 1. The highest BCUT2D eigenvalue weighted by atomic mass is 16.2. The third-order valence-corrected chi connectivity index (χ3v) is 4.95. The topological polar surface area (TPSA) is 92.7 Å². The number of nitrogens with one attached hydrogen (secondary N) is 2. The molecule has 1 amide bonds. The summed E-state index contributed by atoms with van der Waals surface area (Å²) < 4.78 is 1.54. The van der Waals surface area contributed by atoms with E-state index >= 15 is 0 Å². The summed E-state index contributed by atoms with van der Waals surface area (Å²) in [7, 11) is 0. The van der Waals surface area contributed by atoms with E-state index in [9.17, 15) is 9.59 Å². The Morgan fingerprint density at radius 2 is 1.60 bits per heavy atom. The number of para-hydroxylation sites is 3. The Labute approximate surface area is 171 Å². The van der Waals surface area contributed by atoms with Crippen LogP contribution in [0.2, 0.25) is 0 Å². The maximum absolute atomic E-state index is 12.9. The number of carbonyl (C=O) groups is 1. The number of H-pyrrole nitrogens is 1. The number of nitrogens with zero attached hydrogens (tertiary/aromatic N) is 3. The molecule has 7 heteroatoms. The minimum atomic E-state index is -0.290. The predicted molar refractivity (Wildman–Crippen MR) is 116 cm³/mol. The van der Waals surface area contributed by atoms with Crippen LogP contribution in [-0.4, -0.2) is 25.4 Å². The number of hydrogen-bond donors (Lipinski definition) is 2. The van der Waals surface area contributed by atoms with Gasteiger partial charge in [-0.25, -0.2) is 9.97 Å². The normalized spacial score (nSPS) is 11.1. The molecule has 2 N–H and O–H groups in total. The largest absolute Gasteiger partial charge is 0.324 e. The molecule has 0 aliphatic carbocycles. The van der Waals surface area contributed by atoms with E-state index in [4.69, 9.17) is 0 Å². The standard InChI is InChI=1S/C23H17N5O2/c1-14-24-18-7-3-2-6-17(18)22(30)28(14)16-12-10-15(11-13-16)21(29)27-23-25-19-8-4-5-9-20(19)26-23/h2-13H,1H3,(H2,25,26,27,29). The molecule has 0 atom stereocenters. The lowest BCUT2D eigenvalue weighted by Gasteiger charge is -2.11. The van der Waals surface area contributed by atoms with Crippen LogP contribution in [0.15, 0.2) is 77.6 Å². The van der Waals surface area contributed by atoms with Crippen molar-refractivity contribution < 1.29 is 4.79 Å². The molecule has 0 saturated carbocycles. The number of anilines is 1. The van der Waals surface area contributed by atoms with Gasteiger partial charge in [-0.3, -0.25) is 19.5 Å². The van der Waals surface area contributed by atoms with Crippen molar-refractivity contribution in [3.63, 3.8) is 0 Å². The third-order valence-electron chi connectivity index (χ3n) is 4.95. The van der Waals surface area contributed by atoms with Gasteiger partial charge in [-0.2, -0.15) is 0 Å². The molecular weight excluding hydrogens is 378 g/mol. The van der Waals surface area contributed by atoms with E-state index in [1.54, 1.807) is 41.8 Å². The summed E-state index contributed by atoms with van der Waals surface area (Å²) in [6.07, 6.45) is 0. The first-order valence-corrected chi connectivity index (χ1v) is 9.45. The van der Waals surface area contributed by atoms with Crippen LogP contribution in [0.4, 0.5) is 5.95 Å². The summed E-state index contributed by atoms with van der Waals surface area (Å²) in [4.78, 5) is 37.5. The first-order valence-electron chi connectivity index (χ1n) is 9.45. The maximum Gasteiger partial charge on any atom is 0.265 e. The molecule has 5 aromatic rings. The smallest absolute Gasteiger partial charge is 0.265 e. The molecule has 0 spiro atoms. The van der Waals surface area contributed by atoms with E-state index in [0.717, 1.165) is 11.0 Å². The summed E-state index contributed by atoms with van der Waals surface area (Å²) >= 11 is 0. The second-order valence-corrected chi connectivity index (χ2v) is 6.92. The number of hydrogen-bond acceptors (Lipinski definition) is 4. The summed E-state index contributed by atoms with van der Waals surface area (Å²) in [5, 5.41) is 3.32. The molecule has 2 aromatic heterocycles. The molecule has 3 aromatic carbocycles. The highest BCUT2D eigenvalue weighted by Gasteiger charge is 2.12. The zero-order chi connectivity index (χ0) is 20.7. The zero-order valence-electron chi connectivity index (χ0n) is 16.1. The van der Waals surface area contributed by atoms with Crippen LogP contribution in [0.3, 0.4) is 0 Å². The van der Waals surface area contributed by atoms with Gasteiger partial charge in [0.1, 0.15) is 5.82 Å². The third kappa shape index (κ3) is 3.02. The average Bonchev–Trinajstić information content (AvgIpc) is 3.16. The number of imidazole rings is 1. The van der Waals surface area contributed by atoms with Crippen LogP contribution in [0.1, 0.15) is 16.2 Å². The van der Waals surface area contributed by atoms with E-state index in [-0.39, 0.29) is 11.5 Å². The molecule has 5 rings (SSSR count). The number of aryl methyl sites for hydroxylation is 1. The van der Waals surface area contributed by atoms with E-state index in [2.05, 4.69) is 20.3 Å². The second-order valence-electron chi connectivity index (χ2n) is 6.92. The van der Waals surface area contributed by atoms with Gasteiger partial charge in [-0.15, -0.1) is 0 Å². The number of rotatable bonds is 3. The molecule has 146 valence electrons. The molecule has 0 radical (unpaired) electrons. The van der Waals surface area contributed by atoms with Crippen molar-refractivity contribution in [1.82, 2.24) is 19.5 Å².